The van der Waals surface area contributed by atoms with Crippen molar-refractivity contribution in [2.24, 2.45) is 0 Å². The van der Waals surface area contributed by atoms with E-state index in [1.807, 2.05) is 31.9 Å². The van der Waals surface area contributed by atoms with E-state index in [0.717, 1.165) is 4.31 Å². The molecule has 1 amide bonds. The van der Waals surface area contributed by atoms with Gasteiger partial charge in [-0.15, -0.1) is 0 Å². The van der Waals surface area contributed by atoms with Crippen molar-refractivity contribution in [1.29, 1.82) is 5.26 Å². The molecule has 0 bridgehead atoms. The molecule has 0 atom stereocenters. The van der Waals surface area contributed by atoms with E-state index in [-0.39, 0.29) is 21.7 Å². The Morgan fingerprint density at radius 3 is 2.61 bits per heavy atom. The van der Waals surface area contributed by atoms with Crippen molar-refractivity contribution >= 4 is 21.6 Å². The average molecular weight is 404 g/mol. The van der Waals surface area contributed by atoms with Crippen molar-refractivity contribution < 1.29 is 17.9 Å². The maximum absolute atomic E-state index is 12.4. The average Bonchev–Trinajstić information content (AvgIpc) is 2.89. The highest BCUT2D eigenvalue weighted by molar-refractivity contribution is 7.89. The first-order valence-electron chi connectivity index (χ1n) is 8.52. The van der Waals surface area contributed by atoms with Crippen molar-refractivity contribution in [2.75, 3.05) is 33.1 Å². The van der Waals surface area contributed by atoms with Crippen LogP contribution in [0.5, 0.6) is 0 Å². The Labute approximate surface area is 165 Å². The number of sulfonamides is 1. The van der Waals surface area contributed by atoms with Crippen LogP contribution in [0.2, 0.25) is 0 Å². The number of benzene rings is 1. The fraction of sp³-hybridized carbons (Fsp3) is 0.368. The number of likely N-dealkylation sites (N-methyl/N-ethyl adjacent to an activating group) is 1. The number of hydrogen-bond acceptors (Lipinski definition) is 6. The summed E-state index contributed by atoms with van der Waals surface area (Å²) in [5.41, 5.74) is -0.0280. The van der Waals surface area contributed by atoms with Crippen molar-refractivity contribution in [1.82, 2.24) is 9.21 Å². The van der Waals surface area contributed by atoms with Crippen molar-refractivity contribution in [2.45, 2.75) is 24.3 Å². The zero-order chi connectivity index (χ0) is 21.1. The van der Waals surface area contributed by atoms with Gasteiger partial charge in [0.25, 0.3) is 5.91 Å². The van der Waals surface area contributed by atoms with Crippen LogP contribution in [0.15, 0.2) is 52.8 Å². The Balaban J connectivity index is 2.21. The largest absolute Gasteiger partial charge is 0.477 e. The van der Waals surface area contributed by atoms with Gasteiger partial charge in [-0.25, -0.2) is 12.7 Å². The maximum atomic E-state index is 12.4. The highest BCUT2D eigenvalue weighted by Gasteiger charge is 2.33. The second-order valence-corrected chi connectivity index (χ2v) is 9.28. The molecule has 1 heterocycles. The minimum atomic E-state index is -3.63. The molecule has 150 valence electrons. The van der Waals surface area contributed by atoms with Crippen LogP contribution in [0.3, 0.4) is 0 Å². The van der Waals surface area contributed by atoms with Gasteiger partial charge >= 0.3 is 0 Å². The number of nitriles is 1. The molecule has 1 saturated heterocycles. The van der Waals surface area contributed by atoms with Gasteiger partial charge in [-0.1, -0.05) is 6.07 Å². The lowest BCUT2D eigenvalue weighted by Gasteiger charge is -2.25. The van der Waals surface area contributed by atoms with Crippen LogP contribution >= 0.6 is 0 Å². The fourth-order valence-electron chi connectivity index (χ4n) is 2.36. The molecule has 0 radical (unpaired) electrons. The molecule has 1 fully saturated rings. The minimum Gasteiger partial charge on any atom is -0.477 e. The summed E-state index contributed by atoms with van der Waals surface area (Å²) >= 11 is 0. The van der Waals surface area contributed by atoms with E-state index in [4.69, 9.17) is 4.74 Å². The summed E-state index contributed by atoms with van der Waals surface area (Å²) in [4.78, 5) is 14.4. The SMILES string of the molecule is CN1C(=CC=C(C#N)C(=O)Nc2cccc(S(=O)(=O)N(C)C)c2)OCC1(C)C. The molecule has 1 N–H and O–H groups in total. The van der Waals surface area contributed by atoms with Crippen LogP contribution in [0, 0.1) is 11.3 Å². The topological polar surface area (TPSA) is 103 Å². The number of anilines is 1. The van der Waals surface area contributed by atoms with E-state index in [0.29, 0.717) is 12.5 Å². The number of amides is 1. The molecule has 1 aliphatic rings. The molecule has 9 heteroatoms. The first-order chi connectivity index (χ1) is 13.0. The third kappa shape index (κ3) is 4.52. The standard InChI is InChI=1S/C19H24N4O4S/c1-19(2)13-27-17(23(19)5)10-9-14(12-20)18(24)21-15-7-6-8-16(11-15)28(25,26)22(3)4/h6-11H,13H2,1-5H3,(H,21,24). The second-order valence-electron chi connectivity index (χ2n) is 7.13. The van der Waals surface area contributed by atoms with Crippen LogP contribution in [0.4, 0.5) is 5.69 Å². The molecule has 1 aliphatic heterocycles. The van der Waals surface area contributed by atoms with Gasteiger partial charge in [0.15, 0.2) is 5.88 Å². The lowest BCUT2D eigenvalue weighted by molar-refractivity contribution is -0.112. The number of allylic oxidation sites excluding steroid dienone is 2. The summed E-state index contributed by atoms with van der Waals surface area (Å²) in [6.07, 6.45) is 2.95. The summed E-state index contributed by atoms with van der Waals surface area (Å²) in [5, 5.41) is 11.9. The Morgan fingerprint density at radius 1 is 1.39 bits per heavy atom. The zero-order valence-electron chi connectivity index (χ0n) is 16.6. The van der Waals surface area contributed by atoms with E-state index in [9.17, 15) is 18.5 Å². The van der Waals surface area contributed by atoms with Gasteiger partial charge in [0.2, 0.25) is 10.0 Å². The van der Waals surface area contributed by atoms with Gasteiger partial charge < -0.3 is 15.0 Å². The molecule has 8 nitrogen and oxygen atoms in total. The molecule has 28 heavy (non-hydrogen) atoms. The predicted octanol–water partition coefficient (Wildman–Crippen LogP) is 1.91. The number of carbonyl (C=O) groups excluding carboxylic acids is 1. The first kappa shape index (κ1) is 21.5. The molecular weight excluding hydrogens is 380 g/mol. The van der Waals surface area contributed by atoms with E-state index in [2.05, 4.69) is 5.32 Å². The van der Waals surface area contributed by atoms with Crippen LogP contribution in [-0.2, 0) is 19.6 Å². The number of nitrogens with zero attached hydrogens (tertiary/aromatic N) is 3. The Bertz CT molecular complexity index is 972. The molecule has 0 spiro atoms. The number of rotatable bonds is 5. The van der Waals surface area contributed by atoms with Gasteiger partial charge in [-0.3, -0.25) is 4.79 Å². The third-order valence-corrected chi connectivity index (χ3v) is 6.25. The second kappa shape index (κ2) is 8.04. The van der Waals surface area contributed by atoms with Crippen LogP contribution in [-0.4, -0.2) is 56.8 Å². The summed E-state index contributed by atoms with van der Waals surface area (Å²) in [6.45, 7) is 4.54. The summed E-state index contributed by atoms with van der Waals surface area (Å²) in [7, 11) is 1.09. The van der Waals surface area contributed by atoms with Gasteiger partial charge in [-0.05, 0) is 44.2 Å². The number of nitrogens with one attached hydrogen (secondary N) is 1. The lowest BCUT2D eigenvalue weighted by Crippen LogP contribution is -2.36. The van der Waals surface area contributed by atoms with E-state index >= 15 is 0 Å². The molecular formula is C19H24N4O4S. The van der Waals surface area contributed by atoms with E-state index < -0.39 is 15.9 Å². The molecule has 0 unspecified atom stereocenters. The Kier molecular flexibility index (Phi) is 6.17. The highest BCUT2D eigenvalue weighted by Crippen LogP contribution is 2.27. The highest BCUT2D eigenvalue weighted by atomic mass is 32.2. The zero-order valence-corrected chi connectivity index (χ0v) is 17.4. The third-order valence-electron chi connectivity index (χ3n) is 4.44. The fourth-order valence-corrected chi connectivity index (χ4v) is 3.31. The first-order valence-corrected chi connectivity index (χ1v) is 9.96. The van der Waals surface area contributed by atoms with Crippen molar-refractivity contribution in [3.8, 4) is 6.07 Å². The predicted molar refractivity (Wildman–Crippen MR) is 106 cm³/mol. The van der Waals surface area contributed by atoms with Gasteiger partial charge in [0.1, 0.15) is 18.2 Å². The van der Waals surface area contributed by atoms with Crippen LogP contribution in [0.25, 0.3) is 0 Å². The summed E-state index contributed by atoms with van der Waals surface area (Å²) < 4.78 is 31.1. The van der Waals surface area contributed by atoms with Crippen molar-refractivity contribution in [3.05, 3.63) is 47.9 Å². The molecule has 1 aromatic carbocycles. The number of ether oxygens (including phenoxy) is 1. The summed E-state index contributed by atoms with van der Waals surface area (Å²) in [6, 6.07) is 7.70. The maximum Gasteiger partial charge on any atom is 0.266 e. The Morgan fingerprint density at radius 2 is 2.07 bits per heavy atom. The Hall–Kier alpha value is -2.83. The van der Waals surface area contributed by atoms with Gasteiger partial charge in [-0.2, -0.15) is 5.26 Å². The van der Waals surface area contributed by atoms with Crippen LogP contribution < -0.4 is 5.32 Å². The monoisotopic (exact) mass is 404 g/mol. The van der Waals surface area contributed by atoms with Gasteiger partial charge in [0.05, 0.1) is 10.4 Å². The molecule has 0 aromatic heterocycles. The number of hydrogen-bond donors (Lipinski definition) is 1. The van der Waals surface area contributed by atoms with E-state index in [1.165, 1.54) is 38.4 Å². The van der Waals surface area contributed by atoms with E-state index in [1.54, 1.807) is 12.1 Å². The quantitative estimate of drug-likeness (QED) is 0.594. The molecule has 1 aromatic rings. The molecule has 2 rings (SSSR count). The lowest BCUT2D eigenvalue weighted by atomic mass is 10.1. The molecule has 0 saturated carbocycles. The summed E-state index contributed by atoms with van der Waals surface area (Å²) in [5.74, 6) is -0.0803. The van der Waals surface area contributed by atoms with Gasteiger partial charge in [0, 0.05) is 26.8 Å². The van der Waals surface area contributed by atoms with Crippen molar-refractivity contribution in [3.63, 3.8) is 0 Å². The number of carbonyl (C=O) groups is 1. The smallest absolute Gasteiger partial charge is 0.266 e. The normalized spacial score (nSPS) is 18.1. The molecule has 0 aliphatic carbocycles. The minimum absolute atomic E-state index is 0.0446. The van der Waals surface area contributed by atoms with Crippen LogP contribution in [0.1, 0.15) is 13.8 Å².